The highest BCUT2D eigenvalue weighted by molar-refractivity contribution is 7.91. The minimum atomic E-state index is -3.79. The summed E-state index contributed by atoms with van der Waals surface area (Å²) >= 11 is 0. The normalized spacial score (nSPS) is 11.7. The van der Waals surface area contributed by atoms with Crippen molar-refractivity contribution in [3.8, 4) is 0 Å². The number of sulfonamides is 1. The Hall–Kier alpha value is -1.99. The third-order valence-corrected chi connectivity index (χ3v) is 4.30. The molecule has 4 nitrogen and oxygen atoms in total. The third-order valence-electron chi connectivity index (χ3n) is 3.06. The van der Waals surface area contributed by atoms with Crippen LogP contribution in [0.15, 0.2) is 42.5 Å². The van der Waals surface area contributed by atoms with Crippen LogP contribution >= 0.6 is 0 Å². The van der Waals surface area contributed by atoms with E-state index in [9.17, 15) is 17.2 Å². The molecule has 0 heterocycles. The van der Waals surface area contributed by atoms with Crippen LogP contribution in [0.5, 0.6) is 0 Å². The van der Waals surface area contributed by atoms with E-state index >= 15 is 0 Å². The van der Waals surface area contributed by atoms with Crippen LogP contribution in [0.1, 0.15) is 11.1 Å². The van der Waals surface area contributed by atoms with Crippen molar-refractivity contribution in [1.82, 2.24) is 4.90 Å². The summed E-state index contributed by atoms with van der Waals surface area (Å²) in [7, 11) is 0.0274. The lowest BCUT2D eigenvalue weighted by Gasteiger charge is -2.12. The molecule has 0 spiro atoms. The molecule has 0 bridgehead atoms. The van der Waals surface area contributed by atoms with E-state index < -0.39 is 27.4 Å². The van der Waals surface area contributed by atoms with Gasteiger partial charge in [-0.1, -0.05) is 18.2 Å². The van der Waals surface area contributed by atoms with Gasteiger partial charge in [-0.2, -0.15) is 0 Å². The molecule has 2 aromatic rings. The second kappa shape index (κ2) is 7.06. The van der Waals surface area contributed by atoms with Crippen molar-refractivity contribution in [3.63, 3.8) is 0 Å². The fourth-order valence-corrected chi connectivity index (χ4v) is 3.36. The summed E-state index contributed by atoms with van der Waals surface area (Å²) in [6.45, 7) is 0.669. The molecule has 2 aromatic carbocycles. The fraction of sp³-hybridized carbons (Fsp3) is 0.250. The van der Waals surface area contributed by atoms with Gasteiger partial charge in [0.25, 0.3) is 0 Å². The molecule has 0 aliphatic carbocycles. The maximum absolute atomic E-state index is 13.6. The van der Waals surface area contributed by atoms with Gasteiger partial charge < -0.3 is 4.90 Å². The van der Waals surface area contributed by atoms with Gasteiger partial charge in [-0.25, -0.2) is 17.2 Å². The summed E-state index contributed by atoms with van der Waals surface area (Å²) < 4.78 is 53.2. The molecule has 0 radical (unpaired) electrons. The minimum absolute atomic E-state index is 0.0802. The number of hydrogen-bond donors (Lipinski definition) is 1. The van der Waals surface area contributed by atoms with Crippen molar-refractivity contribution in [3.05, 3.63) is 65.2 Å². The second-order valence-electron chi connectivity index (χ2n) is 5.54. The molecular weight excluding hydrogens is 322 g/mol. The smallest absolute Gasteiger partial charge is 0.237 e. The lowest BCUT2D eigenvalue weighted by molar-refractivity contribution is 0.402. The van der Waals surface area contributed by atoms with Gasteiger partial charge in [0.1, 0.15) is 11.6 Å². The van der Waals surface area contributed by atoms with E-state index in [1.165, 1.54) is 0 Å². The summed E-state index contributed by atoms with van der Waals surface area (Å²) in [5.74, 6) is -2.18. The summed E-state index contributed by atoms with van der Waals surface area (Å²) in [5, 5.41) is 0. The van der Waals surface area contributed by atoms with Crippen LogP contribution in [-0.4, -0.2) is 27.4 Å². The van der Waals surface area contributed by atoms with Crippen molar-refractivity contribution in [2.75, 3.05) is 18.8 Å². The third kappa shape index (κ3) is 5.30. The summed E-state index contributed by atoms with van der Waals surface area (Å²) in [6, 6.07) is 9.81. The summed E-state index contributed by atoms with van der Waals surface area (Å²) in [6.07, 6.45) is 0. The van der Waals surface area contributed by atoms with Crippen molar-refractivity contribution in [1.29, 1.82) is 0 Å². The summed E-state index contributed by atoms with van der Waals surface area (Å²) in [5.41, 5.74) is 1.28. The molecular formula is C16H18F2N2O2S. The van der Waals surface area contributed by atoms with Crippen LogP contribution in [0.2, 0.25) is 0 Å². The Morgan fingerprint density at radius 1 is 1.09 bits per heavy atom. The molecule has 2 rings (SSSR count). The van der Waals surface area contributed by atoms with E-state index in [1.807, 2.05) is 25.1 Å². The van der Waals surface area contributed by atoms with E-state index in [0.717, 1.165) is 17.7 Å². The van der Waals surface area contributed by atoms with Gasteiger partial charge in [0.2, 0.25) is 10.0 Å². The molecule has 7 heteroatoms. The molecule has 23 heavy (non-hydrogen) atoms. The Morgan fingerprint density at radius 3 is 2.48 bits per heavy atom. The highest BCUT2D eigenvalue weighted by atomic mass is 32.2. The van der Waals surface area contributed by atoms with Crippen molar-refractivity contribution in [2.45, 2.75) is 12.3 Å². The quantitative estimate of drug-likeness (QED) is 0.879. The molecule has 0 amide bonds. The van der Waals surface area contributed by atoms with Gasteiger partial charge in [-0.15, -0.1) is 0 Å². The predicted octanol–water partition coefficient (Wildman–Crippen LogP) is 2.97. The molecule has 0 aliphatic rings. The lowest BCUT2D eigenvalue weighted by Crippen LogP contribution is -2.16. The van der Waals surface area contributed by atoms with Crippen molar-refractivity contribution in [2.24, 2.45) is 0 Å². The molecule has 124 valence electrons. The Bertz CT molecular complexity index is 792. The second-order valence-corrected chi connectivity index (χ2v) is 7.26. The zero-order valence-electron chi connectivity index (χ0n) is 12.9. The van der Waals surface area contributed by atoms with Gasteiger partial charge in [-0.05, 0) is 37.9 Å². The highest BCUT2D eigenvalue weighted by Crippen LogP contribution is 2.17. The number of rotatable bonds is 6. The lowest BCUT2D eigenvalue weighted by atomic mass is 10.2. The van der Waals surface area contributed by atoms with Gasteiger partial charge >= 0.3 is 0 Å². The molecule has 0 aliphatic heterocycles. The minimum Gasteiger partial charge on any atom is -0.305 e. The number of hydrogen-bond acceptors (Lipinski definition) is 3. The molecule has 0 atom stereocenters. The molecule has 0 fully saturated rings. The van der Waals surface area contributed by atoms with Crippen LogP contribution in [0.4, 0.5) is 14.5 Å². The highest BCUT2D eigenvalue weighted by Gasteiger charge is 2.15. The van der Waals surface area contributed by atoms with E-state index in [4.69, 9.17) is 0 Å². The largest absolute Gasteiger partial charge is 0.305 e. The average molecular weight is 340 g/mol. The van der Waals surface area contributed by atoms with E-state index in [-0.39, 0.29) is 5.56 Å². The first-order valence-electron chi connectivity index (χ1n) is 6.93. The zero-order chi connectivity index (χ0) is 17.0. The maximum Gasteiger partial charge on any atom is 0.237 e. The molecule has 0 saturated carbocycles. The Labute approximate surface area is 134 Å². The fourth-order valence-electron chi connectivity index (χ4n) is 2.16. The van der Waals surface area contributed by atoms with Gasteiger partial charge in [0, 0.05) is 23.9 Å². The van der Waals surface area contributed by atoms with Gasteiger partial charge in [-0.3, -0.25) is 4.72 Å². The Balaban J connectivity index is 2.15. The Kier molecular flexibility index (Phi) is 5.33. The topological polar surface area (TPSA) is 49.4 Å². The number of anilines is 1. The van der Waals surface area contributed by atoms with Gasteiger partial charge in [0.15, 0.2) is 0 Å². The molecule has 0 aromatic heterocycles. The standard InChI is InChI=1S/C16H18F2N2O2S/c1-20(2)10-12-4-3-5-15(8-12)19-23(21,22)11-13-6-7-14(17)9-16(13)18/h3-9,19H,10-11H2,1-2H3. The number of nitrogens with zero attached hydrogens (tertiary/aromatic N) is 1. The van der Waals surface area contributed by atoms with Crippen molar-refractivity contribution < 1.29 is 17.2 Å². The Morgan fingerprint density at radius 2 is 1.83 bits per heavy atom. The van der Waals surface area contributed by atoms with Crippen LogP contribution in [0, 0.1) is 11.6 Å². The monoisotopic (exact) mass is 340 g/mol. The first kappa shape index (κ1) is 17.4. The van der Waals surface area contributed by atoms with Crippen molar-refractivity contribution >= 4 is 15.7 Å². The SMILES string of the molecule is CN(C)Cc1cccc(NS(=O)(=O)Cc2ccc(F)cc2F)c1. The first-order chi connectivity index (χ1) is 10.7. The predicted molar refractivity (Wildman–Crippen MR) is 86.4 cm³/mol. The zero-order valence-corrected chi connectivity index (χ0v) is 13.7. The first-order valence-corrected chi connectivity index (χ1v) is 8.58. The number of halogens is 2. The molecule has 0 saturated heterocycles. The van der Waals surface area contributed by atoms with Crippen LogP contribution in [0.3, 0.4) is 0 Å². The van der Waals surface area contributed by atoms with Crippen LogP contribution in [-0.2, 0) is 22.3 Å². The van der Waals surface area contributed by atoms with Crippen LogP contribution in [0.25, 0.3) is 0 Å². The van der Waals surface area contributed by atoms with E-state index in [1.54, 1.807) is 18.2 Å². The number of nitrogens with one attached hydrogen (secondary N) is 1. The van der Waals surface area contributed by atoms with E-state index in [0.29, 0.717) is 18.3 Å². The average Bonchev–Trinajstić information content (AvgIpc) is 2.41. The van der Waals surface area contributed by atoms with Gasteiger partial charge in [0.05, 0.1) is 5.75 Å². The molecule has 1 N–H and O–H groups in total. The summed E-state index contributed by atoms with van der Waals surface area (Å²) in [4.78, 5) is 1.96. The number of benzene rings is 2. The van der Waals surface area contributed by atoms with Crippen LogP contribution < -0.4 is 4.72 Å². The maximum atomic E-state index is 13.6. The molecule has 0 unspecified atom stereocenters. The van der Waals surface area contributed by atoms with E-state index in [2.05, 4.69) is 4.72 Å².